The molecule has 1 unspecified atom stereocenters. The minimum absolute atomic E-state index is 0.208. The number of carbonyl (C=O) groups is 1. The molecule has 196 valence electrons. The highest BCUT2D eigenvalue weighted by Crippen LogP contribution is 2.32. The van der Waals surface area contributed by atoms with Crippen molar-refractivity contribution in [2.24, 2.45) is 0 Å². The molecule has 0 radical (unpaired) electrons. The average Bonchev–Trinajstić information content (AvgIpc) is 3.58. The SMILES string of the molecule is N#CCC(CN1CCN(C(=O)c2ccc(F)c(C(F)(F)F)c2)CC1)n1cc(-c2ncnc3[nH]ccc23)cn1. The molecule has 1 aliphatic heterocycles. The van der Waals surface area contributed by atoms with Gasteiger partial charge in [0.05, 0.1) is 36.0 Å². The van der Waals surface area contributed by atoms with E-state index in [0.717, 1.165) is 22.7 Å². The Labute approximate surface area is 214 Å². The molecule has 1 aromatic carbocycles. The van der Waals surface area contributed by atoms with Crippen molar-refractivity contribution in [1.82, 2.24) is 34.5 Å². The van der Waals surface area contributed by atoms with Crippen LogP contribution in [0.4, 0.5) is 17.6 Å². The number of alkyl halides is 3. The molecule has 38 heavy (non-hydrogen) atoms. The van der Waals surface area contributed by atoms with Crippen molar-refractivity contribution >= 4 is 16.9 Å². The van der Waals surface area contributed by atoms with Crippen molar-refractivity contribution in [1.29, 1.82) is 5.26 Å². The Kier molecular flexibility index (Phi) is 6.81. The van der Waals surface area contributed by atoms with E-state index in [1.54, 1.807) is 17.1 Å². The van der Waals surface area contributed by atoms with Gasteiger partial charge in [-0.25, -0.2) is 14.4 Å². The van der Waals surface area contributed by atoms with Gasteiger partial charge in [-0.15, -0.1) is 0 Å². The summed E-state index contributed by atoms with van der Waals surface area (Å²) in [6.45, 7) is 1.99. The normalized spacial score (nSPS) is 15.5. The van der Waals surface area contributed by atoms with Gasteiger partial charge in [0.1, 0.15) is 17.8 Å². The number of carbonyl (C=O) groups excluding carboxylic acids is 1. The van der Waals surface area contributed by atoms with Crippen LogP contribution in [0, 0.1) is 17.1 Å². The largest absolute Gasteiger partial charge is 0.419 e. The summed E-state index contributed by atoms with van der Waals surface area (Å²) in [5.74, 6) is -2.00. The first-order valence-electron chi connectivity index (χ1n) is 11.8. The predicted molar refractivity (Wildman–Crippen MR) is 128 cm³/mol. The number of halogens is 4. The fraction of sp³-hybridized carbons (Fsp3) is 0.320. The lowest BCUT2D eigenvalue weighted by atomic mass is 10.1. The Hall–Kier alpha value is -4.31. The van der Waals surface area contributed by atoms with Crippen molar-refractivity contribution in [3.63, 3.8) is 0 Å². The van der Waals surface area contributed by atoms with E-state index < -0.39 is 23.5 Å². The minimum Gasteiger partial charge on any atom is -0.346 e. The Bertz CT molecular complexity index is 1500. The van der Waals surface area contributed by atoms with Crippen LogP contribution in [-0.2, 0) is 6.18 Å². The van der Waals surface area contributed by atoms with Crippen LogP contribution in [-0.4, -0.2) is 73.2 Å². The third-order valence-corrected chi connectivity index (χ3v) is 6.58. The van der Waals surface area contributed by atoms with E-state index in [0.29, 0.717) is 37.4 Å². The number of piperazine rings is 1. The number of amides is 1. The molecular weight excluding hydrogens is 504 g/mol. The van der Waals surface area contributed by atoms with Gasteiger partial charge in [-0.1, -0.05) is 0 Å². The number of H-pyrrole nitrogens is 1. The number of nitrogens with zero attached hydrogens (tertiary/aromatic N) is 7. The molecule has 4 aromatic rings. The summed E-state index contributed by atoms with van der Waals surface area (Å²) in [6.07, 6.45) is 2.09. The lowest BCUT2D eigenvalue weighted by Crippen LogP contribution is -2.50. The molecule has 5 rings (SSSR count). The van der Waals surface area contributed by atoms with Crippen molar-refractivity contribution in [3.05, 3.63) is 66.1 Å². The summed E-state index contributed by atoms with van der Waals surface area (Å²) in [5.41, 5.74) is 0.547. The van der Waals surface area contributed by atoms with Crippen LogP contribution in [0.2, 0.25) is 0 Å². The number of hydrogen-bond donors (Lipinski definition) is 1. The van der Waals surface area contributed by atoms with Crippen LogP contribution in [0.3, 0.4) is 0 Å². The van der Waals surface area contributed by atoms with E-state index >= 15 is 0 Å². The van der Waals surface area contributed by atoms with Crippen LogP contribution in [0.1, 0.15) is 28.4 Å². The maximum atomic E-state index is 13.6. The summed E-state index contributed by atoms with van der Waals surface area (Å²) >= 11 is 0. The van der Waals surface area contributed by atoms with Gasteiger partial charge >= 0.3 is 6.18 Å². The molecule has 1 saturated heterocycles. The fourth-order valence-corrected chi connectivity index (χ4v) is 4.60. The monoisotopic (exact) mass is 526 g/mol. The lowest BCUT2D eigenvalue weighted by Gasteiger charge is -2.36. The number of nitrogens with one attached hydrogen (secondary N) is 1. The molecule has 1 aliphatic rings. The summed E-state index contributed by atoms with van der Waals surface area (Å²) in [7, 11) is 0. The number of benzene rings is 1. The highest BCUT2D eigenvalue weighted by atomic mass is 19.4. The molecule has 1 N–H and O–H groups in total. The number of nitriles is 1. The Morgan fingerprint density at radius 3 is 2.68 bits per heavy atom. The third kappa shape index (κ3) is 5.08. The highest BCUT2D eigenvalue weighted by Gasteiger charge is 2.35. The van der Waals surface area contributed by atoms with E-state index in [4.69, 9.17) is 0 Å². The van der Waals surface area contributed by atoms with Crippen LogP contribution in [0.25, 0.3) is 22.3 Å². The summed E-state index contributed by atoms with van der Waals surface area (Å²) in [5, 5.41) is 14.7. The second-order valence-electron chi connectivity index (χ2n) is 8.97. The highest BCUT2D eigenvalue weighted by molar-refractivity contribution is 5.94. The molecular formula is C25H22F4N8O. The number of aromatic amines is 1. The fourth-order valence-electron chi connectivity index (χ4n) is 4.60. The molecule has 0 bridgehead atoms. The van der Waals surface area contributed by atoms with Crippen LogP contribution >= 0.6 is 0 Å². The summed E-state index contributed by atoms with van der Waals surface area (Å²) in [4.78, 5) is 27.9. The summed E-state index contributed by atoms with van der Waals surface area (Å²) in [6, 6.07) is 6.11. The molecule has 13 heteroatoms. The van der Waals surface area contributed by atoms with Gasteiger partial charge in [0.25, 0.3) is 5.91 Å². The van der Waals surface area contributed by atoms with Crippen LogP contribution in [0.15, 0.2) is 49.2 Å². The molecule has 4 heterocycles. The quantitative estimate of drug-likeness (QED) is 0.382. The maximum Gasteiger partial charge on any atom is 0.419 e. The minimum atomic E-state index is -4.89. The number of hydrogen-bond acceptors (Lipinski definition) is 6. The van der Waals surface area contributed by atoms with E-state index in [9.17, 15) is 27.6 Å². The first-order valence-corrected chi connectivity index (χ1v) is 11.8. The zero-order valence-electron chi connectivity index (χ0n) is 20.0. The second-order valence-corrected chi connectivity index (χ2v) is 8.97. The van der Waals surface area contributed by atoms with E-state index in [1.807, 2.05) is 12.3 Å². The molecule has 1 amide bonds. The number of fused-ring (bicyclic) bond motifs is 1. The zero-order chi connectivity index (χ0) is 26.9. The third-order valence-electron chi connectivity index (χ3n) is 6.58. The van der Waals surface area contributed by atoms with Crippen LogP contribution in [0.5, 0.6) is 0 Å². The Balaban J connectivity index is 1.24. The van der Waals surface area contributed by atoms with Crippen LogP contribution < -0.4 is 0 Å². The van der Waals surface area contributed by atoms with Crippen molar-refractivity contribution in [3.8, 4) is 17.3 Å². The molecule has 0 aliphatic carbocycles. The maximum absolute atomic E-state index is 13.6. The topological polar surface area (TPSA) is 107 Å². The number of aromatic nitrogens is 5. The molecule has 9 nitrogen and oxygen atoms in total. The van der Waals surface area contributed by atoms with E-state index in [-0.39, 0.29) is 31.1 Å². The van der Waals surface area contributed by atoms with Gasteiger partial charge in [-0.05, 0) is 24.3 Å². The molecule has 3 aromatic heterocycles. The molecule has 1 atom stereocenters. The van der Waals surface area contributed by atoms with Gasteiger partial charge < -0.3 is 9.88 Å². The smallest absolute Gasteiger partial charge is 0.346 e. The zero-order valence-corrected chi connectivity index (χ0v) is 20.0. The van der Waals surface area contributed by atoms with Gasteiger partial charge in [-0.3, -0.25) is 14.4 Å². The van der Waals surface area contributed by atoms with Crippen molar-refractivity contribution in [2.45, 2.75) is 18.6 Å². The molecule has 1 fully saturated rings. The first kappa shape index (κ1) is 25.3. The molecule has 0 saturated carbocycles. The standard InChI is InChI=1S/C25H22F4N8O/c26-21-2-1-16(11-20(21)25(27,28)29)24(38)36-9-7-35(8-10-36)14-18(3-5-30)37-13-17(12-34-37)22-19-4-6-31-23(19)33-15-32-22/h1-2,4,6,11-13,15,18H,3,7-10,14H2,(H,31,32,33). The Morgan fingerprint density at radius 1 is 1.16 bits per heavy atom. The van der Waals surface area contributed by atoms with E-state index in [2.05, 4.69) is 31.0 Å². The van der Waals surface area contributed by atoms with Gasteiger partial charge in [-0.2, -0.15) is 23.5 Å². The van der Waals surface area contributed by atoms with Crippen molar-refractivity contribution in [2.75, 3.05) is 32.7 Å². The summed E-state index contributed by atoms with van der Waals surface area (Å²) < 4.78 is 54.5. The average molecular weight is 526 g/mol. The predicted octanol–water partition coefficient (Wildman–Crippen LogP) is 3.89. The first-order chi connectivity index (χ1) is 18.2. The van der Waals surface area contributed by atoms with Gasteiger partial charge in [0, 0.05) is 61.6 Å². The van der Waals surface area contributed by atoms with Crippen molar-refractivity contribution < 1.29 is 22.4 Å². The number of rotatable bonds is 6. The Morgan fingerprint density at radius 2 is 1.95 bits per heavy atom. The lowest BCUT2D eigenvalue weighted by molar-refractivity contribution is -0.140. The van der Waals surface area contributed by atoms with E-state index in [1.165, 1.54) is 11.2 Å². The van der Waals surface area contributed by atoms with Gasteiger partial charge in [0.15, 0.2) is 0 Å². The van der Waals surface area contributed by atoms with Gasteiger partial charge in [0.2, 0.25) is 0 Å². The molecule has 0 spiro atoms. The second kappa shape index (κ2) is 10.2.